The number of aromatic nitrogens is 2. The predicted molar refractivity (Wildman–Crippen MR) is 81.4 cm³/mol. The Balaban J connectivity index is 1.85. The third-order valence-corrected chi connectivity index (χ3v) is 3.13. The van der Waals surface area contributed by atoms with Crippen LogP contribution in [-0.2, 0) is 20.1 Å². The van der Waals surface area contributed by atoms with E-state index in [1.165, 1.54) is 11.1 Å². The molecule has 1 heterocycles. The van der Waals surface area contributed by atoms with Gasteiger partial charge in [0.2, 0.25) is 0 Å². The summed E-state index contributed by atoms with van der Waals surface area (Å²) in [5.74, 6) is 0.785. The third-order valence-electron chi connectivity index (χ3n) is 3.13. The first-order chi connectivity index (χ1) is 9.69. The molecule has 5 nitrogen and oxygen atoms in total. The van der Waals surface area contributed by atoms with Crippen molar-refractivity contribution in [2.24, 2.45) is 12.0 Å². The van der Waals surface area contributed by atoms with Crippen LogP contribution in [-0.4, -0.2) is 22.8 Å². The van der Waals surface area contributed by atoms with E-state index in [9.17, 15) is 0 Å². The minimum Gasteiger partial charge on any atom is -0.352 e. The molecule has 0 aliphatic rings. The molecule has 0 aliphatic heterocycles. The second kappa shape index (κ2) is 6.75. The number of hydrogen-bond donors (Lipinski definition) is 2. The van der Waals surface area contributed by atoms with Crippen molar-refractivity contribution in [2.75, 3.05) is 7.05 Å². The van der Waals surface area contributed by atoms with Crippen LogP contribution < -0.4 is 10.6 Å². The van der Waals surface area contributed by atoms with Crippen molar-refractivity contribution in [3.63, 3.8) is 0 Å². The van der Waals surface area contributed by atoms with E-state index in [0.717, 1.165) is 18.2 Å². The first-order valence-electron chi connectivity index (χ1n) is 6.66. The van der Waals surface area contributed by atoms with Crippen LogP contribution in [0.15, 0.2) is 41.5 Å². The maximum Gasteiger partial charge on any atom is 0.191 e. The monoisotopic (exact) mass is 271 g/mol. The number of hydrogen-bond acceptors (Lipinski definition) is 2. The first kappa shape index (κ1) is 14.1. The highest BCUT2D eigenvalue weighted by Crippen LogP contribution is 2.03. The molecule has 0 spiro atoms. The highest BCUT2D eigenvalue weighted by Gasteiger charge is 2.01. The van der Waals surface area contributed by atoms with Crippen molar-refractivity contribution in [1.29, 1.82) is 0 Å². The van der Waals surface area contributed by atoms with E-state index in [4.69, 9.17) is 0 Å². The van der Waals surface area contributed by atoms with Gasteiger partial charge in [-0.15, -0.1) is 0 Å². The number of aliphatic imine (C=N–C) groups is 1. The summed E-state index contributed by atoms with van der Waals surface area (Å²) in [7, 11) is 3.70. The smallest absolute Gasteiger partial charge is 0.191 e. The van der Waals surface area contributed by atoms with Gasteiger partial charge in [-0.1, -0.05) is 29.8 Å². The zero-order valence-corrected chi connectivity index (χ0v) is 12.2. The Labute approximate surface area is 119 Å². The molecule has 5 heteroatoms. The highest BCUT2D eigenvalue weighted by atomic mass is 15.3. The number of benzene rings is 1. The molecular weight excluding hydrogens is 250 g/mol. The molecule has 0 bridgehead atoms. The first-order valence-corrected chi connectivity index (χ1v) is 6.66. The van der Waals surface area contributed by atoms with Crippen LogP contribution in [0.25, 0.3) is 0 Å². The molecule has 0 unspecified atom stereocenters. The lowest BCUT2D eigenvalue weighted by atomic mass is 10.1. The summed E-state index contributed by atoms with van der Waals surface area (Å²) in [6.07, 6.45) is 1.79. The summed E-state index contributed by atoms with van der Waals surface area (Å²) in [4.78, 5) is 4.22. The molecule has 1 aromatic carbocycles. The molecule has 1 aromatic heterocycles. The van der Waals surface area contributed by atoms with Crippen molar-refractivity contribution in [2.45, 2.75) is 20.0 Å². The van der Waals surface area contributed by atoms with Crippen LogP contribution in [0.2, 0.25) is 0 Å². The minimum atomic E-state index is 0.698. The van der Waals surface area contributed by atoms with Crippen LogP contribution in [0.4, 0.5) is 0 Å². The standard InChI is InChI=1S/C15H21N5/c1-12-5-4-6-13(9-12)10-17-15(16-2)18-11-14-7-8-19-20(14)3/h4-9H,10-11H2,1-3H3,(H2,16,17,18). The van der Waals surface area contributed by atoms with Crippen LogP contribution in [0, 0.1) is 6.92 Å². The topological polar surface area (TPSA) is 54.2 Å². The van der Waals surface area contributed by atoms with Gasteiger partial charge in [-0.2, -0.15) is 5.10 Å². The van der Waals surface area contributed by atoms with E-state index < -0.39 is 0 Å². The molecule has 2 N–H and O–H groups in total. The molecule has 0 fully saturated rings. The molecule has 106 valence electrons. The van der Waals surface area contributed by atoms with E-state index >= 15 is 0 Å². The van der Waals surface area contributed by atoms with Crippen LogP contribution in [0.3, 0.4) is 0 Å². The number of rotatable bonds is 4. The maximum atomic E-state index is 4.22. The SMILES string of the molecule is CN=C(NCc1cccc(C)c1)NCc1ccnn1C. The molecule has 0 atom stereocenters. The zero-order valence-electron chi connectivity index (χ0n) is 12.2. The maximum absolute atomic E-state index is 4.22. The minimum absolute atomic E-state index is 0.698. The van der Waals surface area contributed by atoms with Gasteiger partial charge in [0.25, 0.3) is 0 Å². The van der Waals surface area contributed by atoms with Crippen LogP contribution in [0.1, 0.15) is 16.8 Å². The summed E-state index contributed by atoms with van der Waals surface area (Å²) in [5, 5.41) is 10.7. The molecule has 2 aromatic rings. The van der Waals surface area contributed by atoms with E-state index in [0.29, 0.717) is 6.54 Å². The summed E-state index contributed by atoms with van der Waals surface area (Å²) in [6.45, 7) is 3.55. The van der Waals surface area contributed by atoms with Gasteiger partial charge in [0, 0.05) is 26.8 Å². The molecule has 0 saturated heterocycles. The predicted octanol–water partition coefficient (Wildman–Crippen LogP) is 1.59. The zero-order chi connectivity index (χ0) is 14.4. The Morgan fingerprint density at radius 2 is 2.05 bits per heavy atom. The second-order valence-corrected chi connectivity index (χ2v) is 4.71. The molecule has 0 aliphatic carbocycles. The van der Waals surface area contributed by atoms with Gasteiger partial charge < -0.3 is 10.6 Å². The van der Waals surface area contributed by atoms with Crippen molar-refractivity contribution in [3.05, 3.63) is 53.3 Å². The van der Waals surface area contributed by atoms with Crippen molar-refractivity contribution in [3.8, 4) is 0 Å². The van der Waals surface area contributed by atoms with Crippen LogP contribution >= 0.6 is 0 Å². The van der Waals surface area contributed by atoms with E-state index in [1.54, 1.807) is 13.2 Å². The van der Waals surface area contributed by atoms with Crippen LogP contribution in [0.5, 0.6) is 0 Å². The van der Waals surface area contributed by atoms with Gasteiger partial charge in [-0.05, 0) is 18.6 Å². The molecular formula is C15H21N5. The van der Waals surface area contributed by atoms with Gasteiger partial charge in [0.05, 0.1) is 12.2 Å². The van der Waals surface area contributed by atoms with Crippen molar-refractivity contribution < 1.29 is 0 Å². The number of nitrogens with zero attached hydrogens (tertiary/aromatic N) is 3. The summed E-state index contributed by atoms with van der Waals surface area (Å²) < 4.78 is 1.85. The molecule has 2 rings (SSSR count). The highest BCUT2D eigenvalue weighted by molar-refractivity contribution is 5.79. The third kappa shape index (κ3) is 3.85. The van der Waals surface area contributed by atoms with E-state index in [2.05, 4.69) is 51.9 Å². The number of guanidine groups is 1. The summed E-state index contributed by atoms with van der Waals surface area (Å²) >= 11 is 0. The fourth-order valence-corrected chi connectivity index (χ4v) is 1.98. The fraction of sp³-hybridized carbons (Fsp3) is 0.333. The lowest BCUT2D eigenvalue weighted by Gasteiger charge is -2.12. The molecule has 0 amide bonds. The second-order valence-electron chi connectivity index (χ2n) is 4.71. The Morgan fingerprint density at radius 3 is 2.70 bits per heavy atom. The Bertz CT molecular complexity index is 585. The number of nitrogens with one attached hydrogen (secondary N) is 2. The average molecular weight is 271 g/mol. The quantitative estimate of drug-likeness (QED) is 0.656. The molecule has 0 saturated carbocycles. The Morgan fingerprint density at radius 1 is 1.25 bits per heavy atom. The summed E-state index contributed by atoms with van der Waals surface area (Å²) in [6, 6.07) is 10.4. The summed E-state index contributed by atoms with van der Waals surface area (Å²) in [5.41, 5.74) is 3.62. The molecule has 20 heavy (non-hydrogen) atoms. The van der Waals surface area contributed by atoms with Gasteiger partial charge in [0.15, 0.2) is 5.96 Å². The molecule has 0 radical (unpaired) electrons. The van der Waals surface area contributed by atoms with E-state index in [-0.39, 0.29) is 0 Å². The van der Waals surface area contributed by atoms with E-state index in [1.807, 2.05) is 17.8 Å². The van der Waals surface area contributed by atoms with Gasteiger partial charge in [-0.25, -0.2) is 0 Å². The average Bonchev–Trinajstić information content (AvgIpc) is 2.85. The van der Waals surface area contributed by atoms with Crippen molar-refractivity contribution >= 4 is 5.96 Å². The van der Waals surface area contributed by atoms with Gasteiger partial charge >= 0.3 is 0 Å². The largest absolute Gasteiger partial charge is 0.352 e. The normalized spacial score (nSPS) is 11.4. The van der Waals surface area contributed by atoms with Gasteiger partial charge in [0.1, 0.15) is 0 Å². The Hall–Kier alpha value is -2.30. The Kier molecular flexibility index (Phi) is 4.76. The fourth-order valence-electron chi connectivity index (χ4n) is 1.98. The lowest BCUT2D eigenvalue weighted by molar-refractivity contribution is 0.684. The van der Waals surface area contributed by atoms with Crippen molar-refractivity contribution in [1.82, 2.24) is 20.4 Å². The van der Waals surface area contributed by atoms with Gasteiger partial charge in [-0.3, -0.25) is 9.67 Å². The lowest BCUT2D eigenvalue weighted by Crippen LogP contribution is -2.36. The number of aryl methyl sites for hydroxylation is 2.